The highest BCUT2D eigenvalue weighted by Crippen LogP contribution is 2.27. The zero-order valence-corrected chi connectivity index (χ0v) is 15.7. The van der Waals surface area contributed by atoms with Gasteiger partial charge in [-0.15, -0.1) is 0 Å². The minimum Gasteiger partial charge on any atom is -0.356 e. The van der Waals surface area contributed by atoms with E-state index in [4.69, 9.17) is 0 Å². The van der Waals surface area contributed by atoms with E-state index in [0.717, 1.165) is 12.0 Å². The van der Waals surface area contributed by atoms with Crippen molar-refractivity contribution < 1.29 is 14.4 Å². The SMILES string of the molecule is CCC(C(=O)N1CCC[C@@H]1C(=O)NCCCNC(C)=O)c1ccccc1. The van der Waals surface area contributed by atoms with Crippen molar-refractivity contribution in [2.24, 2.45) is 0 Å². The van der Waals surface area contributed by atoms with Crippen LogP contribution in [0.2, 0.25) is 0 Å². The molecule has 1 aliphatic rings. The molecule has 1 aromatic rings. The van der Waals surface area contributed by atoms with Gasteiger partial charge in [-0.3, -0.25) is 14.4 Å². The van der Waals surface area contributed by atoms with Crippen LogP contribution in [0.1, 0.15) is 51.0 Å². The first kappa shape index (κ1) is 19.9. The largest absolute Gasteiger partial charge is 0.356 e. The van der Waals surface area contributed by atoms with Crippen LogP contribution < -0.4 is 10.6 Å². The van der Waals surface area contributed by atoms with Crippen molar-refractivity contribution in [3.63, 3.8) is 0 Å². The third-order valence-electron chi connectivity index (χ3n) is 4.77. The molecule has 3 amide bonds. The lowest BCUT2D eigenvalue weighted by molar-refractivity contribution is -0.139. The second kappa shape index (κ2) is 9.94. The number of carbonyl (C=O) groups excluding carboxylic acids is 3. The molecule has 0 spiro atoms. The van der Waals surface area contributed by atoms with Gasteiger partial charge >= 0.3 is 0 Å². The maximum Gasteiger partial charge on any atom is 0.242 e. The summed E-state index contributed by atoms with van der Waals surface area (Å²) < 4.78 is 0. The molecular formula is C20H29N3O3. The molecule has 2 rings (SSSR count). The molecule has 1 aromatic carbocycles. The Morgan fingerprint density at radius 2 is 1.85 bits per heavy atom. The summed E-state index contributed by atoms with van der Waals surface area (Å²) in [6, 6.07) is 9.37. The van der Waals surface area contributed by atoms with Gasteiger partial charge in [0.2, 0.25) is 17.7 Å². The summed E-state index contributed by atoms with van der Waals surface area (Å²) in [4.78, 5) is 38.1. The van der Waals surface area contributed by atoms with E-state index in [1.54, 1.807) is 4.90 Å². The van der Waals surface area contributed by atoms with Gasteiger partial charge in [-0.1, -0.05) is 37.3 Å². The number of rotatable bonds is 8. The number of nitrogens with one attached hydrogen (secondary N) is 2. The Hall–Kier alpha value is -2.37. The summed E-state index contributed by atoms with van der Waals surface area (Å²) >= 11 is 0. The van der Waals surface area contributed by atoms with Crippen molar-refractivity contribution in [3.05, 3.63) is 35.9 Å². The highest BCUT2D eigenvalue weighted by Gasteiger charge is 2.36. The Bertz CT molecular complexity index is 618. The Balaban J connectivity index is 1.92. The second-order valence-corrected chi connectivity index (χ2v) is 6.69. The van der Waals surface area contributed by atoms with Crippen molar-refractivity contribution in [1.29, 1.82) is 0 Å². The molecule has 0 aromatic heterocycles. The van der Waals surface area contributed by atoms with Crippen molar-refractivity contribution in [2.75, 3.05) is 19.6 Å². The van der Waals surface area contributed by atoms with Gasteiger partial charge in [0.15, 0.2) is 0 Å². The summed E-state index contributed by atoms with van der Waals surface area (Å²) in [6.45, 7) is 5.13. The summed E-state index contributed by atoms with van der Waals surface area (Å²) in [5, 5.41) is 5.60. The van der Waals surface area contributed by atoms with Gasteiger partial charge in [0, 0.05) is 26.6 Å². The zero-order chi connectivity index (χ0) is 18.9. The molecule has 0 bridgehead atoms. The fraction of sp³-hybridized carbons (Fsp3) is 0.550. The van der Waals surface area contributed by atoms with Crippen LogP contribution in [0.3, 0.4) is 0 Å². The average molecular weight is 359 g/mol. The lowest BCUT2D eigenvalue weighted by Crippen LogP contribution is -2.47. The smallest absolute Gasteiger partial charge is 0.242 e. The van der Waals surface area contributed by atoms with Gasteiger partial charge in [0.05, 0.1) is 5.92 Å². The Labute approximate surface area is 155 Å². The van der Waals surface area contributed by atoms with Crippen LogP contribution in [0, 0.1) is 0 Å². The van der Waals surface area contributed by atoms with E-state index >= 15 is 0 Å². The van der Waals surface area contributed by atoms with E-state index in [0.29, 0.717) is 38.9 Å². The van der Waals surface area contributed by atoms with Crippen LogP contribution in [-0.4, -0.2) is 48.3 Å². The van der Waals surface area contributed by atoms with E-state index in [9.17, 15) is 14.4 Å². The number of likely N-dealkylation sites (tertiary alicyclic amines) is 1. The maximum atomic E-state index is 13.0. The first-order valence-corrected chi connectivity index (χ1v) is 9.42. The third kappa shape index (κ3) is 5.31. The summed E-state index contributed by atoms with van der Waals surface area (Å²) in [6.07, 6.45) is 2.94. The molecule has 1 aliphatic heterocycles. The molecule has 1 unspecified atom stereocenters. The van der Waals surface area contributed by atoms with Gasteiger partial charge < -0.3 is 15.5 Å². The topological polar surface area (TPSA) is 78.5 Å². The van der Waals surface area contributed by atoms with E-state index in [1.807, 2.05) is 37.3 Å². The molecule has 1 saturated heterocycles. The van der Waals surface area contributed by atoms with Crippen molar-refractivity contribution in [3.8, 4) is 0 Å². The highest BCUT2D eigenvalue weighted by molar-refractivity contribution is 5.91. The summed E-state index contributed by atoms with van der Waals surface area (Å²) in [7, 11) is 0. The lowest BCUT2D eigenvalue weighted by atomic mass is 9.94. The third-order valence-corrected chi connectivity index (χ3v) is 4.77. The average Bonchev–Trinajstić information content (AvgIpc) is 3.12. The Morgan fingerprint density at radius 1 is 1.15 bits per heavy atom. The number of carbonyl (C=O) groups is 3. The van der Waals surface area contributed by atoms with E-state index < -0.39 is 0 Å². The molecule has 0 aliphatic carbocycles. The predicted octanol–water partition coefficient (Wildman–Crippen LogP) is 1.81. The van der Waals surface area contributed by atoms with Gasteiger partial charge in [-0.2, -0.15) is 0 Å². The number of nitrogens with zero attached hydrogens (tertiary/aromatic N) is 1. The maximum absolute atomic E-state index is 13.0. The van der Waals surface area contributed by atoms with E-state index in [1.165, 1.54) is 6.92 Å². The molecule has 0 saturated carbocycles. The zero-order valence-electron chi connectivity index (χ0n) is 15.7. The quantitative estimate of drug-likeness (QED) is 0.695. The standard InChI is InChI=1S/C20H29N3O3/c1-3-17(16-9-5-4-6-10-16)20(26)23-14-7-11-18(23)19(25)22-13-8-12-21-15(2)24/h4-6,9-10,17-18H,3,7-8,11-14H2,1-2H3,(H,21,24)(H,22,25)/t17?,18-/m1/s1. The van der Waals surface area contributed by atoms with Gasteiger partial charge in [-0.25, -0.2) is 0 Å². The van der Waals surface area contributed by atoms with Crippen LogP contribution in [0.15, 0.2) is 30.3 Å². The van der Waals surface area contributed by atoms with Gasteiger partial charge in [0.25, 0.3) is 0 Å². The molecule has 6 nitrogen and oxygen atoms in total. The first-order chi connectivity index (χ1) is 12.5. The van der Waals surface area contributed by atoms with Crippen molar-refractivity contribution in [1.82, 2.24) is 15.5 Å². The fourth-order valence-corrected chi connectivity index (χ4v) is 3.42. The molecule has 1 heterocycles. The van der Waals surface area contributed by atoms with Crippen LogP contribution in [0.25, 0.3) is 0 Å². The fourth-order valence-electron chi connectivity index (χ4n) is 3.42. The van der Waals surface area contributed by atoms with Crippen LogP contribution in [0.4, 0.5) is 0 Å². The number of amides is 3. The highest BCUT2D eigenvalue weighted by atomic mass is 16.2. The second-order valence-electron chi connectivity index (χ2n) is 6.69. The molecule has 2 atom stereocenters. The molecule has 142 valence electrons. The van der Waals surface area contributed by atoms with Crippen LogP contribution >= 0.6 is 0 Å². The van der Waals surface area contributed by atoms with Crippen molar-refractivity contribution >= 4 is 17.7 Å². The van der Waals surface area contributed by atoms with E-state index in [-0.39, 0.29) is 29.7 Å². The molecule has 0 radical (unpaired) electrons. The lowest BCUT2D eigenvalue weighted by Gasteiger charge is -2.28. The number of hydrogen-bond acceptors (Lipinski definition) is 3. The molecule has 26 heavy (non-hydrogen) atoms. The van der Waals surface area contributed by atoms with E-state index in [2.05, 4.69) is 10.6 Å². The molecule has 6 heteroatoms. The number of hydrogen-bond donors (Lipinski definition) is 2. The monoisotopic (exact) mass is 359 g/mol. The summed E-state index contributed by atoms with van der Waals surface area (Å²) in [5.74, 6) is -0.337. The Kier molecular flexibility index (Phi) is 7.63. The summed E-state index contributed by atoms with van der Waals surface area (Å²) in [5.41, 5.74) is 1.00. The van der Waals surface area contributed by atoms with Gasteiger partial charge in [0.1, 0.15) is 6.04 Å². The minimum absolute atomic E-state index is 0.0367. The molecule has 2 N–H and O–H groups in total. The van der Waals surface area contributed by atoms with Crippen LogP contribution in [-0.2, 0) is 14.4 Å². The van der Waals surface area contributed by atoms with Crippen molar-refractivity contribution in [2.45, 2.75) is 51.5 Å². The Morgan fingerprint density at radius 3 is 2.50 bits per heavy atom. The minimum atomic E-state index is -0.388. The normalized spacial score (nSPS) is 17.6. The van der Waals surface area contributed by atoms with Crippen LogP contribution in [0.5, 0.6) is 0 Å². The number of benzene rings is 1. The predicted molar refractivity (Wildman–Crippen MR) is 101 cm³/mol. The van der Waals surface area contributed by atoms with Gasteiger partial charge in [-0.05, 0) is 31.2 Å². The molecular weight excluding hydrogens is 330 g/mol. The first-order valence-electron chi connectivity index (χ1n) is 9.42. The molecule has 1 fully saturated rings.